The third-order valence-corrected chi connectivity index (χ3v) is 2.07. The van der Waals surface area contributed by atoms with Gasteiger partial charge in [-0.2, -0.15) is 0 Å². The van der Waals surface area contributed by atoms with Crippen molar-refractivity contribution in [1.82, 2.24) is 5.09 Å². The molecule has 1 aliphatic rings. The maximum absolute atomic E-state index is 10.7. The number of nitrogens with one attached hydrogen (secondary N) is 1. The summed E-state index contributed by atoms with van der Waals surface area (Å²) in [6.45, 7) is 3.12. The van der Waals surface area contributed by atoms with Crippen molar-refractivity contribution in [2.24, 2.45) is 0 Å². The van der Waals surface area contributed by atoms with Gasteiger partial charge < -0.3 is 9.82 Å². The van der Waals surface area contributed by atoms with E-state index in [2.05, 4.69) is 5.09 Å². The van der Waals surface area contributed by atoms with E-state index in [-0.39, 0.29) is 5.87 Å². The standard InChI is InChI=1S/C5H10BNO2P/c8-5-6-10-7-3-1-2-4-9-5/h7,10H,1-4H2. The summed E-state index contributed by atoms with van der Waals surface area (Å²) in [4.78, 5) is 10.7. The smallest absolute Gasteiger partial charge is 0.309 e. The Kier molecular flexibility index (Phi) is 3.77. The third kappa shape index (κ3) is 3.18. The summed E-state index contributed by atoms with van der Waals surface area (Å²) in [5, 5.41) is 3.13. The summed E-state index contributed by atoms with van der Waals surface area (Å²) < 4.78 is 4.84. The highest BCUT2D eigenvalue weighted by molar-refractivity contribution is 7.74. The van der Waals surface area contributed by atoms with E-state index in [9.17, 15) is 4.79 Å². The zero-order chi connectivity index (χ0) is 7.23. The van der Waals surface area contributed by atoms with Crippen LogP contribution in [0.3, 0.4) is 0 Å². The minimum Gasteiger partial charge on any atom is -0.474 e. The molecular weight excluding hydrogens is 148 g/mol. The molecule has 1 N–H and O–H groups in total. The van der Waals surface area contributed by atoms with Crippen molar-refractivity contribution < 1.29 is 9.53 Å². The molecule has 1 radical (unpaired) electrons. The van der Waals surface area contributed by atoms with Crippen LogP contribution in [0.2, 0.25) is 0 Å². The van der Waals surface area contributed by atoms with Crippen LogP contribution in [0.1, 0.15) is 12.8 Å². The van der Waals surface area contributed by atoms with Crippen LogP contribution < -0.4 is 5.09 Å². The largest absolute Gasteiger partial charge is 0.474 e. The molecule has 0 aromatic rings. The SMILES string of the molecule is O=C1[B]PNCCCCO1. The normalized spacial score (nSPS) is 23.8. The Morgan fingerprint density at radius 2 is 2.50 bits per heavy atom. The summed E-state index contributed by atoms with van der Waals surface area (Å²) in [5.74, 6) is -0.187. The topological polar surface area (TPSA) is 38.3 Å². The Balaban J connectivity index is 2.21. The fourth-order valence-electron chi connectivity index (χ4n) is 0.712. The molecule has 1 aliphatic heterocycles. The first-order chi connectivity index (χ1) is 4.89. The molecule has 0 saturated carbocycles. The first kappa shape index (κ1) is 8.03. The lowest BCUT2D eigenvalue weighted by Gasteiger charge is -1.98. The van der Waals surface area contributed by atoms with Crippen LogP contribution in [0.5, 0.6) is 0 Å². The number of hydrogen-bond donors (Lipinski definition) is 1. The highest BCUT2D eigenvalue weighted by Gasteiger charge is 2.06. The third-order valence-electron chi connectivity index (χ3n) is 1.23. The number of carbonyl (C=O) groups is 1. The lowest BCUT2D eigenvalue weighted by molar-refractivity contribution is 0.171. The molecule has 0 aromatic heterocycles. The molecule has 1 rings (SSSR count). The summed E-state index contributed by atoms with van der Waals surface area (Å²) in [5.41, 5.74) is 0. The Hall–Kier alpha value is -0.0751. The van der Waals surface area contributed by atoms with Gasteiger partial charge in [0.2, 0.25) is 0 Å². The van der Waals surface area contributed by atoms with Gasteiger partial charge in [0.05, 0.1) is 6.61 Å². The van der Waals surface area contributed by atoms with Crippen molar-refractivity contribution in [2.75, 3.05) is 13.2 Å². The second-order valence-electron chi connectivity index (χ2n) is 2.09. The fourth-order valence-corrected chi connectivity index (χ4v) is 1.34. The minimum atomic E-state index is -0.187. The fraction of sp³-hybridized carbons (Fsp3) is 0.800. The lowest BCUT2D eigenvalue weighted by atomic mass is 10.1. The summed E-state index contributed by atoms with van der Waals surface area (Å²) in [6, 6.07) is 0. The first-order valence-electron chi connectivity index (χ1n) is 3.38. The average Bonchev–Trinajstić information content (AvgIpc) is 2.02. The van der Waals surface area contributed by atoms with Gasteiger partial charge in [0.1, 0.15) is 0 Å². The highest BCUT2D eigenvalue weighted by Crippen LogP contribution is 2.04. The average molecular weight is 158 g/mol. The maximum Gasteiger partial charge on any atom is 0.309 e. The monoisotopic (exact) mass is 158 g/mol. The predicted molar refractivity (Wildman–Crippen MR) is 42.7 cm³/mol. The van der Waals surface area contributed by atoms with E-state index in [1.807, 2.05) is 0 Å². The number of ether oxygens (including phenoxy) is 1. The molecule has 0 aliphatic carbocycles. The van der Waals surface area contributed by atoms with E-state index < -0.39 is 0 Å². The van der Waals surface area contributed by atoms with E-state index in [1.165, 1.54) is 0 Å². The van der Waals surface area contributed by atoms with Gasteiger partial charge in [0, 0.05) is 0 Å². The summed E-state index contributed by atoms with van der Waals surface area (Å²) in [7, 11) is 0.417. The van der Waals surface area contributed by atoms with E-state index in [0.717, 1.165) is 19.4 Å². The van der Waals surface area contributed by atoms with Gasteiger partial charge >= 0.3 is 7.00 Å². The van der Waals surface area contributed by atoms with Crippen molar-refractivity contribution in [2.45, 2.75) is 12.8 Å². The molecule has 0 amide bonds. The van der Waals surface area contributed by atoms with Crippen molar-refractivity contribution in [3.8, 4) is 0 Å². The lowest BCUT2D eigenvalue weighted by Crippen LogP contribution is -2.09. The Morgan fingerprint density at radius 3 is 3.40 bits per heavy atom. The van der Waals surface area contributed by atoms with E-state index >= 15 is 0 Å². The zero-order valence-corrected chi connectivity index (χ0v) is 6.72. The molecule has 0 spiro atoms. The van der Waals surface area contributed by atoms with Gasteiger partial charge in [-0.25, -0.2) is 0 Å². The number of hydrogen-bond acceptors (Lipinski definition) is 3. The van der Waals surface area contributed by atoms with Crippen LogP contribution in [0.15, 0.2) is 0 Å². The van der Waals surface area contributed by atoms with Crippen molar-refractivity contribution in [3.05, 3.63) is 0 Å². The molecule has 10 heavy (non-hydrogen) atoms. The van der Waals surface area contributed by atoms with E-state index in [1.54, 1.807) is 7.00 Å². The van der Waals surface area contributed by atoms with Crippen LogP contribution in [-0.4, -0.2) is 26.0 Å². The Bertz CT molecular complexity index is 110. The van der Waals surface area contributed by atoms with Crippen molar-refractivity contribution >= 4 is 21.5 Å². The quantitative estimate of drug-likeness (QED) is 0.416. The van der Waals surface area contributed by atoms with Gasteiger partial charge in [-0.05, 0) is 19.4 Å². The van der Waals surface area contributed by atoms with Crippen molar-refractivity contribution in [3.63, 3.8) is 0 Å². The van der Waals surface area contributed by atoms with Crippen LogP contribution in [0.25, 0.3) is 0 Å². The first-order valence-corrected chi connectivity index (χ1v) is 4.46. The molecule has 1 atom stereocenters. The highest BCUT2D eigenvalue weighted by atomic mass is 31.1. The Labute approximate surface area is 62.9 Å². The van der Waals surface area contributed by atoms with Crippen LogP contribution in [-0.2, 0) is 4.74 Å². The number of carbonyl (C=O) groups excluding carboxylic acids is 1. The molecule has 0 aromatic carbocycles. The molecule has 5 heteroatoms. The molecule has 1 fully saturated rings. The van der Waals surface area contributed by atoms with Gasteiger partial charge in [-0.1, -0.05) is 8.61 Å². The van der Waals surface area contributed by atoms with Gasteiger partial charge in [-0.3, -0.25) is 4.79 Å². The molecule has 3 nitrogen and oxygen atoms in total. The molecule has 55 valence electrons. The maximum atomic E-state index is 10.7. The molecule has 1 saturated heterocycles. The second-order valence-corrected chi connectivity index (χ2v) is 3.02. The second kappa shape index (κ2) is 4.70. The van der Waals surface area contributed by atoms with Gasteiger partial charge in [0.15, 0.2) is 0 Å². The zero-order valence-electron chi connectivity index (χ0n) is 5.72. The van der Waals surface area contributed by atoms with Gasteiger partial charge in [-0.15, -0.1) is 0 Å². The molecule has 1 unspecified atom stereocenters. The molecule has 1 heterocycles. The van der Waals surface area contributed by atoms with Crippen molar-refractivity contribution in [1.29, 1.82) is 0 Å². The van der Waals surface area contributed by atoms with Crippen LogP contribution >= 0.6 is 8.61 Å². The summed E-state index contributed by atoms with van der Waals surface area (Å²) >= 11 is 0. The van der Waals surface area contributed by atoms with Crippen LogP contribution in [0, 0.1) is 0 Å². The van der Waals surface area contributed by atoms with E-state index in [0.29, 0.717) is 15.2 Å². The van der Waals surface area contributed by atoms with E-state index in [4.69, 9.17) is 4.74 Å². The summed E-state index contributed by atoms with van der Waals surface area (Å²) in [6.07, 6.45) is 2.06. The van der Waals surface area contributed by atoms with Gasteiger partial charge in [0.25, 0.3) is 5.87 Å². The molecular formula is C5H10BNO2P. The number of cyclic esters (lactones) is 1. The predicted octanol–water partition coefficient (Wildman–Crippen LogP) is 0.719. The Morgan fingerprint density at radius 1 is 1.60 bits per heavy atom. The van der Waals surface area contributed by atoms with Crippen LogP contribution in [0.4, 0.5) is 4.79 Å². The molecule has 0 bridgehead atoms. The number of rotatable bonds is 0. The minimum absolute atomic E-state index is 0.187.